The van der Waals surface area contributed by atoms with E-state index in [1.54, 1.807) is 0 Å². The Bertz CT molecular complexity index is 560. The van der Waals surface area contributed by atoms with Gasteiger partial charge in [0, 0.05) is 18.8 Å². The first-order valence-corrected chi connectivity index (χ1v) is 6.93. The van der Waals surface area contributed by atoms with Crippen LogP contribution in [0.15, 0.2) is 42.6 Å². The van der Waals surface area contributed by atoms with E-state index in [9.17, 15) is 4.79 Å². The molecule has 0 spiro atoms. The molecule has 20 heavy (non-hydrogen) atoms. The maximum Gasteiger partial charge on any atom is 0.147 e. The number of nitrogens with zero attached hydrogens (tertiary/aromatic N) is 2. The number of nitrogens with two attached hydrogens (primary N) is 1. The standard InChI is InChI=1S/C16H21N3O/c1-12(2)19-9-8-14(18-19)10-16(20)15(11-17)13-6-4-3-5-7-13/h3-9,12,15H,10-11,17H2,1-2H3. The quantitative estimate of drug-likeness (QED) is 0.877. The third-order valence-electron chi connectivity index (χ3n) is 3.37. The fraction of sp³-hybridized carbons (Fsp3) is 0.375. The van der Waals surface area contributed by atoms with Crippen LogP contribution in [0.25, 0.3) is 0 Å². The first-order chi connectivity index (χ1) is 9.61. The van der Waals surface area contributed by atoms with Crippen LogP contribution >= 0.6 is 0 Å². The zero-order valence-corrected chi connectivity index (χ0v) is 12.0. The van der Waals surface area contributed by atoms with Crippen molar-refractivity contribution < 1.29 is 4.79 Å². The highest BCUT2D eigenvalue weighted by Gasteiger charge is 2.20. The van der Waals surface area contributed by atoms with Gasteiger partial charge in [-0.15, -0.1) is 0 Å². The van der Waals surface area contributed by atoms with E-state index in [1.165, 1.54) is 0 Å². The Morgan fingerprint density at radius 3 is 2.50 bits per heavy atom. The highest BCUT2D eigenvalue weighted by Crippen LogP contribution is 2.17. The van der Waals surface area contributed by atoms with Gasteiger partial charge < -0.3 is 5.73 Å². The third kappa shape index (κ3) is 3.33. The zero-order valence-electron chi connectivity index (χ0n) is 12.0. The first-order valence-electron chi connectivity index (χ1n) is 6.93. The Labute approximate surface area is 119 Å². The smallest absolute Gasteiger partial charge is 0.147 e. The first kappa shape index (κ1) is 14.5. The van der Waals surface area contributed by atoms with Gasteiger partial charge >= 0.3 is 0 Å². The van der Waals surface area contributed by atoms with Crippen molar-refractivity contribution in [3.05, 3.63) is 53.9 Å². The number of Topliss-reactive ketones (excluding diaryl/α,β-unsaturated/α-hetero) is 1. The summed E-state index contributed by atoms with van der Waals surface area (Å²) in [5, 5.41) is 4.42. The molecule has 0 aliphatic heterocycles. The van der Waals surface area contributed by atoms with Gasteiger partial charge in [0.15, 0.2) is 0 Å². The van der Waals surface area contributed by atoms with Crippen LogP contribution in [0.5, 0.6) is 0 Å². The molecule has 0 saturated heterocycles. The minimum Gasteiger partial charge on any atom is -0.329 e. The molecule has 0 amide bonds. The monoisotopic (exact) mass is 271 g/mol. The molecule has 4 heteroatoms. The molecule has 106 valence electrons. The second-order valence-corrected chi connectivity index (χ2v) is 5.22. The van der Waals surface area contributed by atoms with Gasteiger partial charge in [-0.3, -0.25) is 9.48 Å². The summed E-state index contributed by atoms with van der Waals surface area (Å²) in [5.74, 6) is -0.131. The van der Waals surface area contributed by atoms with Gasteiger partial charge in [-0.2, -0.15) is 5.10 Å². The molecule has 0 aliphatic rings. The lowest BCUT2D eigenvalue weighted by Crippen LogP contribution is -2.23. The normalized spacial score (nSPS) is 12.6. The van der Waals surface area contributed by atoms with Crippen LogP contribution in [-0.4, -0.2) is 22.1 Å². The largest absolute Gasteiger partial charge is 0.329 e. The highest BCUT2D eigenvalue weighted by atomic mass is 16.1. The van der Waals surface area contributed by atoms with Crippen molar-refractivity contribution in [3.63, 3.8) is 0 Å². The Kier molecular flexibility index (Phi) is 4.69. The maximum absolute atomic E-state index is 12.4. The van der Waals surface area contributed by atoms with Crippen LogP contribution in [0, 0.1) is 0 Å². The van der Waals surface area contributed by atoms with Crippen molar-refractivity contribution in [1.29, 1.82) is 0 Å². The van der Waals surface area contributed by atoms with Gasteiger partial charge in [0.05, 0.1) is 18.0 Å². The highest BCUT2D eigenvalue weighted by molar-refractivity contribution is 5.87. The van der Waals surface area contributed by atoms with Gasteiger partial charge in [-0.05, 0) is 25.5 Å². The molecule has 1 unspecified atom stereocenters. The van der Waals surface area contributed by atoms with Gasteiger partial charge in [0.1, 0.15) is 5.78 Å². The number of aromatic nitrogens is 2. The summed E-state index contributed by atoms with van der Waals surface area (Å²) in [6.07, 6.45) is 2.24. The Morgan fingerprint density at radius 2 is 1.95 bits per heavy atom. The number of carbonyl (C=O) groups excluding carboxylic acids is 1. The summed E-state index contributed by atoms with van der Waals surface area (Å²) < 4.78 is 1.86. The van der Waals surface area contributed by atoms with Crippen molar-refractivity contribution in [2.45, 2.75) is 32.2 Å². The number of benzene rings is 1. The molecule has 0 bridgehead atoms. The van der Waals surface area contributed by atoms with Crippen LogP contribution in [0.3, 0.4) is 0 Å². The lowest BCUT2D eigenvalue weighted by molar-refractivity contribution is -0.119. The van der Waals surface area contributed by atoms with E-state index >= 15 is 0 Å². The lowest BCUT2D eigenvalue weighted by atomic mass is 9.92. The SMILES string of the molecule is CC(C)n1ccc(CC(=O)C(CN)c2ccccc2)n1. The van der Waals surface area contributed by atoms with Crippen molar-refractivity contribution in [3.8, 4) is 0 Å². The molecule has 1 aromatic carbocycles. The number of hydrogen-bond donors (Lipinski definition) is 1. The molecule has 0 fully saturated rings. The molecule has 4 nitrogen and oxygen atoms in total. The van der Waals surface area contributed by atoms with Gasteiger partial charge in [-0.1, -0.05) is 30.3 Å². The number of ketones is 1. The number of hydrogen-bond acceptors (Lipinski definition) is 3. The van der Waals surface area contributed by atoms with E-state index in [4.69, 9.17) is 5.73 Å². The summed E-state index contributed by atoms with van der Waals surface area (Å²) in [6, 6.07) is 11.9. The summed E-state index contributed by atoms with van der Waals surface area (Å²) in [4.78, 5) is 12.4. The molecular weight excluding hydrogens is 250 g/mol. The molecular formula is C16H21N3O. The molecule has 0 radical (unpaired) electrons. The average Bonchev–Trinajstić information content (AvgIpc) is 2.89. The topological polar surface area (TPSA) is 60.9 Å². The fourth-order valence-electron chi connectivity index (χ4n) is 2.20. The minimum atomic E-state index is -0.250. The molecule has 2 N–H and O–H groups in total. The van der Waals surface area contributed by atoms with Crippen LogP contribution in [0.4, 0.5) is 0 Å². The molecule has 2 rings (SSSR count). The van der Waals surface area contributed by atoms with Gasteiger partial charge in [0.25, 0.3) is 0 Å². The molecule has 2 aromatic rings. The molecule has 1 heterocycles. The van der Waals surface area contributed by atoms with Crippen LogP contribution < -0.4 is 5.73 Å². The average molecular weight is 271 g/mol. The van der Waals surface area contributed by atoms with Crippen molar-refractivity contribution in [2.24, 2.45) is 5.73 Å². The Morgan fingerprint density at radius 1 is 1.25 bits per heavy atom. The molecule has 1 atom stereocenters. The summed E-state index contributed by atoms with van der Waals surface area (Å²) in [5.41, 5.74) is 7.55. The Balaban J connectivity index is 2.09. The van der Waals surface area contributed by atoms with Crippen LogP contribution in [-0.2, 0) is 11.2 Å². The van der Waals surface area contributed by atoms with Crippen molar-refractivity contribution >= 4 is 5.78 Å². The van der Waals surface area contributed by atoms with E-state index in [-0.39, 0.29) is 11.7 Å². The van der Waals surface area contributed by atoms with Crippen molar-refractivity contribution in [1.82, 2.24) is 9.78 Å². The second kappa shape index (κ2) is 6.48. The van der Waals surface area contributed by atoms with E-state index in [2.05, 4.69) is 18.9 Å². The predicted molar refractivity (Wildman–Crippen MR) is 79.6 cm³/mol. The minimum absolute atomic E-state index is 0.118. The molecule has 0 saturated carbocycles. The van der Waals surface area contributed by atoms with Crippen LogP contribution in [0.1, 0.15) is 37.1 Å². The van der Waals surface area contributed by atoms with E-state index < -0.39 is 0 Å². The lowest BCUT2D eigenvalue weighted by Gasteiger charge is -2.13. The predicted octanol–water partition coefficient (Wildman–Crippen LogP) is 2.32. The molecule has 1 aromatic heterocycles. The number of rotatable bonds is 6. The summed E-state index contributed by atoms with van der Waals surface area (Å²) in [6.45, 7) is 4.45. The van der Waals surface area contributed by atoms with Crippen LogP contribution in [0.2, 0.25) is 0 Å². The van der Waals surface area contributed by atoms with Gasteiger partial charge in [0.2, 0.25) is 0 Å². The fourth-order valence-corrected chi connectivity index (χ4v) is 2.20. The summed E-state index contributed by atoms with van der Waals surface area (Å²) in [7, 11) is 0. The zero-order chi connectivity index (χ0) is 14.5. The number of carbonyl (C=O) groups is 1. The second-order valence-electron chi connectivity index (χ2n) is 5.22. The molecule has 0 aliphatic carbocycles. The Hall–Kier alpha value is -1.94. The maximum atomic E-state index is 12.4. The van der Waals surface area contributed by atoms with E-state index in [0.717, 1.165) is 11.3 Å². The third-order valence-corrected chi connectivity index (χ3v) is 3.37. The van der Waals surface area contributed by atoms with Crippen molar-refractivity contribution in [2.75, 3.05) is 6.54 Å². The summed E-state index contributed by atoms with van der Waals surface area (Å²) >= 11 is 0. The van der Waals surface area contributed by atoms with E-state index in [1.807, 2.05) is 47.3 Å². The van der Waals surface area contributed by atoms with Gasteiger partial charge in [-0.25, -0.2) is 0 Å². The van der Waals surface area contributed by atoms with E-state index in [0.29, 0.717) is 19.0 Å².